The highest BCUT2D eigenvalue weighted by molar-refractivity contribution is 5.93. The van der Waals surface area contributed by atoms with Crippen molar-refractivity contribution in [2.24, 2.45) is 61.8 Å². The molecule has 5 atom stereocenters. The molecular weight excluding hydrogens is 1540 g/mol. The third-order valence-corrected chi connectivity index (χ3v) is 20.1. The zero-order valence-electron chi connectivity index (χ0n) is 73.0. The van der Waals surface area contributed by atoms with E-state index in [2.05, 4.69) is 131 Å². The summed E-state index contributed by atoms with van der Waals surface area (Å²) in [5.41, 5.74) is 32.8. The molecule has 5 unspecified atom stereocenters. The van der Waals surface area contributed by atoms with Gasteiger partial charge in [-0.3, -0.25) is 28.5 Å². The summed E-state index contributed by atoms with van der Waals surface area (Å²) in [4.78, 5) is 89.4. The Bertz CT molecular complexity index is 4950. The smallest absolute Gasteiger partial charge is 0.419 e. The summed E-state index contributed by atoms with van der Waals surface area (Å²) in [6.07, 6.45) is 33.9. The SMILES string of the molecule is C.C.C.CC(/C=C/C(C)(C)C(N)=O)CC1=CCc2ccccc21.CC(C)(/C=C/C(N)Cc1c[nH]c2ccccc12)C(N)=O.CC(C)(C)OC(=O)NC(/C=C/C(C)(C)C(=O)O)Cc1cn(C(=O)OC(C)(C)C)c2ccccc12.CNC(=O)C(C)(C)/C=C/C(C)CC1=CCc2ccccc21.CNC(=O)C(C)(C)/C=C/C(N)Cc1c[nH]c2ccccc12.Cl.N. The molecule has 3 aromatic heterocycles. The zero-order chi connectivity index (χ0) is 86.3. The van der Waals surface area contributed by atoms with Crippen LogP contribution >= 0.6 is 12.4 Å². The molecule has 0 saturated heterocycles. The van der Waals surface area contributed by atoms with E-state index in [1.54, 1.807) is 108 Å². The molecule has 8 aromatic rings. The molecule has 21 nitrogen and oxygen atoms in total. The number of carboxylic acid groups (broad SMARTS) is 1. The van der Waals surface area contributed by atoms with Gasteiger partial charge in [-0.1, -0.05) is 212 Å². The Morgan fingerprint density at radius 1 is 0.471 bits per heavy atom. The molecule has 2 aliphatic carbocycles. The molecule has 662 valence electrons. The average Bonchev–Trinajstić information content (AvgIpc) is 1.63. The van der Waals surface area contributed by atoms with Crippen molar-refractivity contribution in [1.29, 1.82) is 0 Å². The molecule has 0 radical (unpaired) electrons. The zero-order valence-corrected chi connectivity index (χ0v) is 73.9. The van der Waals surface area contributed by atoms with E-state index in [0.29, 0.717) is 23.8 Å². The number of benzene rings is 5. The first-order valence-corrected chi connectivity index (χ1v) is 39.9. The Kier molecular flexibility index (Phi) is 42.4. The second kappa shape index (κ2) is 47.4. The first-order valence-electron chi connectivity index (χ1n) is 39.9. The van der Waals surface area contributed by atoms with Crippen molar-refractivity contribution in [1.82, 2.24) is 36.6 Å². The predicted molar refractivity (Wildman–Crippen MR) is 505 cm³/mol. The summed E-state index contributed by atoms with van der Waals surface area (Å²) >= 11 is 0. The largest absolute Gasteiger partial charge is 0.481 e. The molecule has 0 bridgehead atoms. The maximum absolute atomic E-state index is 12.8. The number of alkyl carbamates (subject to hydrolysis) is 1. The van der Waals surface area contributed by atoms with E-state index < -0.39 is 62.5 Å². The summed E-state index contributed by atoms with van der Waals surface area (Å²) in [6.45, 7) is 33.1. The monoisotopic (exact) mass is 1680 g/mol. The Morgan fingerprint density at radius 2 is 0.835 bits per heavy atom. The number of H-pyrrole nitrogens is 2. The van der Waals surface area contributed by atoms with E-state index >= 15 is 0 Å². The van der Waals surface area contributed by atoms with Gasteiger partial charge < -0.3 is 69.6 Å². The van der Waals surface area contributed by atoms with Crippen LogP contribution in [0.1, 0.15) is 199 Å². The lowest BCUT2D eigenvalue weighted by atomic mass is 9.89. The number of fused-ring (bicyclic) bond motifs is 5. The molecular formula is C99H144ClN11O10. The number of carbonyl (C=O) groups is 7. The molecule has 10 rings (SSSR count). The van der Waals surface area contributed by atoms with Crippen molar-refractivity contribution >= 4 is 98.0 Å². The standard InChI is InChI=1S/C26H36N2O6.C19H25NO.C18H23NO.C17H23N3O.C16H21N3O.3CH4.ClH.H3N/c1-24(2,3)33-22(31)27-18(13-14-26(7,8)21(29)30)15-17-16-28(23(32)34-25(4,5)6)20-12-10-9-11-19(17)20;1-14(11-12-19(2,3)18(21)20-4)13-16-10-9-15-7-5-6-8-17(15)16;1-13(10-11-18(2,3)17(19)20)12-15-9-8-14-6-4-5-7-16(14)15;1-17(2,16(21)19-3)9-8-13(18)10-12-11-20-15-7-5-4-6-14(12)15;1-16(2,15(18)20)8-7-12(17)9-11-10-19-14-6-4-3-5-13(11)14;;;;;/h9-14,16,18H,15H2,1-8H3,(H,27,31)(H,29,30);5-8,10-12,14H,9,13H2,1-4H3,(H,20,21);4-7,9-11,13H,8,12H2,1-3H3,(H2,19,20);4-9,11,13,20H,10,18H2,1-3H3,(H,19,21);3-8,10,12,19H,9,17H2,1-2H3,(H2,18,20);3*1H4;1H;1H3/b14-13+;12-11+;11-10+;9-8+;8-7+;;;;;. The number of nitrogens with two attached hydrogens (primary N) is 4. The average molecular weight is 1680 g/mol. The van der Waals surface area contributed by atoms with E-state index in [9.17, 15) is 38.7 Å². The highest BCUT2D eigenvalue weighted by Crippen LogP contribution is 2.36. The number of aromatic nitrogens is 3. The number of aliphatic carboxylic acids is 1. The number of para-hydroxylation sites is 3. The van der Waals surface area contributed by atoms with E-state index in [-0.39, 0.29) is 76.5 Å². The van der Waals surface area contributed by atoms with Gasteiger partial charge in [0.15, 0.2) is 0 Å². The number of nitrogens with zero attached hydrogens (tertiary/aromatic N) is 1. The second-order valence-electron chi connectivity index (χ2n) is 35.1. The molecule has 0 saturated carbocycles. The minimum Gasteiger partial charge on any atom is -0.481 e. The predicted octanol–water partition coefficient (Wildman–Crippen LogP) is 20.2. The molecule has 5 aromatic carbocycles. The topological polar surface area (TPSA) is 370 Å². The van der Waals surface area contributed by atoms with Gasteiger partial charge in [0.05, 0.1) is 38.6 Å². The van der Waals surface area contributed by atoms with Gasteiger partial charge in [-0.25, -0.2) is 9.59 Å². The number of halogens is 1. The Labute approximate surface area is 727 Å². The molecule has 121 heavy (non-hydrogen) atoms. The Balaban J connectivity index is 0.000000761. The molecule has 2 aliphatic rings. The third kappa shape index (κ3) is 33.3. The first-order chi connectivity index (χ1) is 54.2. The number of rotatable bonds is 26. The molecule has 0 fully saturated rings. The fourth-order valence-electron chi connectivity index (χ4n) is 12.8. The number of primary amides is 2. The first kappa shape index (κ1) is 108. The van der Waals surface area contributed by atoms with Crippen molar-refractivity contribution in [2.75, 3.05) is 14.1 Å². The van der Waals surface area contributed by atoms with Crippen molar-refractivity contribution in [3.05, 3.63) is 252 Å². The third-order valence-electron chi connectivity index (χ3n) is 20.1. The number of hydrogen-bond acceptors (Lipinski definition) is 12. The number of ether oxygens (including phenoxy) is 2. The van der Waals surface area contributed by atoms with E-state index in [0.717, 1.165) is 60.5 Å². The van der Waals surface area contributed by atoms with E-state index in [1.165, 1.54) is 59.9 Å². The van der Waals surface area contributed by atoms with Gasteiger partial charge >= 0.3 is 18.2 Å². The molecule has 0 spiro atoms. The number of allylic oxidation sites excluding steroid dienone is 6. The second-order valence-corrected chi connectivity index (χ2v) is 35.1. The fraction of sp³-hybridized carbons (Fsp3) is 0.424. The lowest BCUT2D eigenvalue weighted by molar-refractivity contribution is -0.144. The molecule has 0 aliphatic heterocycles. The van der Waals surface area contributed by atoms with Gasteiger partial charge in [0.25, 0.3) is 0 Å². The normalized spacial score (nSPS) is 13.9. The van der Waals surface area contributed by atoms with Crippen LogP contribution in [0.4, 0.5) is 9.59 Å². The lowest BCUT2D eigenvalue weighted by Crippen LogP contribution is -2.39. The quantitative estimate of drug-likeness (QED) is 0.0225. The Morgan fingerprint density at radius 3 is 1.24 bits per heavy atom. The van der Waals surface area contributed by atoms with Crippen LogP contribution in [0, 0.1) is 38.9 Å². The minimum atomic E-state index is -1.13. The maximum Gasteiger partial charge on any atom is 0.419 e. The van der Waals surface area contributed by atoms with Crippen LogP contribution in [0.2, 0.25) is 0 Å². The van der Waals surface area contributed by atoms with Crippen LogP contribution in [0.15, 0.2) is 213 Å². The fourth-order valence-corrected chi connectivity index (χ4v) is 12.8. The van der Waals surface area contributed by atoms with Crippen molar-refractivity contribution < 1.29 is 48.1 Å². The summed E-state index contributed by atoms with van der Waals surface area (Å²) in [5, 5.41) is 20.9. The minimum absolute atomic E-state index is 0. The van der Waals surface area contributed by atoms with Gasteiger partial charge in [-0.2, -0.15) is 0 Å². The molecule has 5 amide bonds. The number of amides is 5. The highest BCUT2D eigenvalue weighted by atomic mass is 35.5. The number of carboxylic acids is 1. The maximum atomic E-state index is 12.8. The summed E-state index contributed by atoms with van der Waals surface area (Å²) in [6, 6.07) is 40.0. The van der Waals surface area contributed by atoms with E-state index in [4.69, 9.17) is 32.4 Å². The molecule has 17 N–H and O–H groups in total. The number of carbonyl (C=O) groups excluding carboxylic acids is 6. The molecule has 3 heterocycles. The van der Waals surface area contributed by atoms with Crippen LogP contribution in [0.3, 0.4) is 0 Å². The van der Waals surface area contributed by atoms with Crippen LogP contribution in [0.5, 0.6) is 0 Å². The number of hydrogen-bond donors (Lipinski definition) is 11. The van der Waals surface area contributed by atoms with Gasteiger partial charge in [-0.05, 0) is 236 Å². The van der Waals surface area contributed by atoms with Gasteiger partial charge in [0.2, 0.25) is 23.6 Å². The van der Waals surface area contributed by atoms with Crippen LogP contribution < -0.4 is 45.0 Å². The van der Waals surface area contributed by atoms with Crippen LogP contribution in [0.25, 0.3) is 43.9 Å². The molecule has 22 heteroatoms. The van der Waals surface area contributed by atoms with Gasteiger partial charge in [0.1, 0.15) is 11.2 Å². The van der Waals surface area contributed by atoms with Crippen LogP contribution in [-0.4, -0.2) is 105 Å². The number of nitrogens with one attached hydrogen (secondary N) is 5. The van der Waals surface area contributed by atoms with Crippen molar-refractivity contribution in [3.8, 4) is 0 Å². The summed E-state index contributed by atoms with van der Waals surface area (Å²) in [5.74, 6) is -0.771. The van der Waals surface area contributed by atoms with Crippen molar-refractivity contribution in [2.45, 2.75) is 221 Å². The van der Waals surface area contributed by atoms with Gasteiger partial charge in [0, 0.05) is 72.0 Å². The highest BCUT2D eigenvalue weighted by Gasteiger charge is 2.30. The number of aromatic amines is 2. The summed E-state index contributed by atoms with van der Waals surface area (Å²) < 4.78 is 12.4. The van der Waals surface area contributed by atoms with Crippen molar-refractivity contribution in [3.63, 3.8) is 0 Å². The lowest BCUT2D eigenvalue weighted by Gasteiger charge is -2.23. The Hall–Kier alpha value is -10.8. The summed E-state index contributed by atoms with van der Waals surface area (Å²) in [7, 11) is 3.32. The van der Waals surface area contributed by atoms with Gasteiger partial charge in [-0.15, -0.1) is 12.4 Å². The van der Waals surface area contributed by atoms with E-state index in [1.807, 2.05) is 139 Å². The van der Waals surface area contributed by atoms with Crippen LogP contribution in [-0.2, 0) is 65.6 Å².